The number of methoxy groups -OCH3 is 1. The van der Waals surface area contributed by atoms with E-state index in [9.17, 15) is 28.8 Å². The van der Waals surface area contributed by atoms with Crippen LogP contribution in [-0.2, 0) is 28.7 Å². The first-order chi connectivity index (χ1) is 25.1. The Labute approximate surface area is 303 Å². The van der Waals surface area contributed by atoms with E-state index in [1.165, 1.54) is 13.2 Å². The summed E-state index contributed by atoms with van der Waals surface area (Å²) in [5.41, 5.74) is 1.29. The average molecular weight is 723 g/mol. The number of pyridine rings is 1. The second-order valence-electron chi connectivity index (χ2n) is 13.6. The van der Waals surface area contributed by atoms with Crippen molar-refractivity contribution < 1.29 is 43.0 Å². The Balaban J connectivity index is 1.28. The Morgan fingerprint density at radius 2 is 1.71 bits per heavy atom. The smallest absolute Gasteiger partial charge is 0.409 e. The third kappa shape index (κ3) is 9.68. The standard InChI is InChI=1S/C37H50N6O9/c1-4-5-20-51-37(49)42-18-16-41(17-19-42)36(48)27(13-14-33(45)50-3)40-34(46)29-22-31(26-12-11-24(2)21-28(26)39-29)52-23-32(44)43-15-7-10-30(43)35(47)38-25-8-6-9-25/h11-12,21-22,25,27,30H,4-10,13-20,23H2,1-3H3,(H,38,47)(H,40,46)/t27-,30-/m0/s1. The summed E-state index contributed by atoms with van der Waals surface area (Å²) in [5.74, 6) is -1.84. The molecule has 15 nitrogen and oxygen atoms in total. The zero-order valence-corrected chi connectivity index (χ0v) is 30.3. The van der Waals surface area contributed by atoms with Gasteiger partial charge in [-0.1, -0.05) is 19.4 Å². The molecule has 2 saturated heterocycles. The van der Waals surface area contributed by atoms with Gasteiger partial charge in [-0.2, -0.15) is 0 Å². The molecule has 5 amide bonds. The molecule has 0 bridgehead atoms. The monoisotopic (exact) mass is 722 g/mol. The van der Waals surface area contributed by atoms with E-state index in [1.54, 1.807) is 26.8 Å². The second-order valence-corrected chi connectivity index (χ2v) is 13.6. The van der Waals surface area contributed by atoms with Gasteiger partial charge in [0.1, 0.15) is 23.5 Å². The molecule has 1 aromatic heterocycles. The summed E-state index contributed by atoms with van der Waals surface area (Å²) in [7, 11) is 1.25. The fraction of sp³-hybridized carbons (Fsp3) is 0.595. The minimum absolute atomic E-state index is 0.0214. The van der Waals surface area contributed by atoms with Crippen molar-refractivity contribution in [1.82, 2.24) is 30.3 Å². The molecule has 1 aromatic carbocycles. The van der Waals surface area contributed by atoms with Gasteiger partial charge in [-0.15, -0.1) is 0 Å². The fourth-order valence-corrected chi connectivity index (χ4v) is 6.53. The number of hydrogen-bond acceptors (Lipinski definition) is 10. The number of carbonyl (C=O) groups is 6. The van der Waals surface area contributed by atoms with Crippen molar-refractivity contribution in [3.8, 4) is 5.75 Å². The summed E-state index contributed by atoms with van der Waals surface area (Å²) in [4.78, 5) is 87.5. The lowest BCUT2D eigenvalue weighted by atomic mass is 9.93. The number of rotatable bonds is 14. The lowest BCUT2D eigenvalue weighted by Gasteiger charge is -2.36. The van der Waals surface area contributed by atoms with Gasteiger partial charge >= 0.3 is 12.1 Å². The summed E-state index contributed by atoms with van der Waals surface area (Å²) in [6.45, 7) is 5.31. The van der Waals surface area contributed by atoms with Crippen LogP contribution in [0.4, 0.5) is 4.79 Å². The van der Waals surface area contributed by atoms with Gasteiger partial charge in [0.2, 0.25) is 11.8 Å². The number of ether oxygens (including phenoxy) is 3. The minimum atomic E-state index is -1.09. The first-order valence-corrected chi connectivity index (χ1v) is 18.3. The highest BCUT2D eigenvalue weighted by molar-refractivity contribution is 5.99. The number of aryl methyl sites for hydroxylation is 1. The van der Waals surface area contributed by atoms with E-state index in [1.807, 2.05) is 19.9 Å². The molecule has 3 heterocycles. The topological polar surface area (TPSA) is 177 Å². The van der Waals surface area contributed by atoms with Crippen molar-refractivity contribution in [2.24, 2.45) is 0 Å². The zero-order valence-electron chi connectivity index (χ0n) is 30.3. The maximum atomic E-state index is 13.8. The fourth-order valence-electron chi connectivity index (χ4n) is 6.53. The lowest BCUT2D eigenvalue weighted by molar-refractivity contribution is -0.141. The van der Waals surface area contributed by atoms with E-state index in [0.717, 1.165) is 37.7 Å². The number of piperazine rings is 1. The number of fused-ring (bicyclic) bond motifs is 1. The SMILES string of the molecule is CCCCOC(=O)N1CCN(C(=O)[C@H](CCC(=O)OC)NC(=O)c2cc(OCC(=O)N3CCC[C@H]3C(=O)NC3CCC3)c3ccc(C)cc3n2)CC1. The van der Waals surface area contributed by atoms with Crippen LogP contribution in [0, 0.1) is 6.92 Å². The van der Waals surface area contributed by atoms with E-state index >= 15 is 0 Å². The molecule has 15 heteroatoms. The van der Waals surface area contributed by atoms with Crippen LogP contribution in [0.2, 0.25) is 0 Å². The van der Waals surface area contributed by atoms with Crippen molar-refractivity contribution in [2.45, 2.75) is 89.8 Å². The Bertz CT molecular complexity index is 1640. The number of hydrogen-bond donors (Lipinski definition) is 2. The molecule has 52 heavy (non-hydrogen) atoms. The van der Waals surface area contributed by atoms with Crippen LogP contribution in [0.1, 0.15) is 80.8 Å². The third-order valence-corrected chi connectivity index (χ3v) is 9.88. The van der Waals surface area contributed by atoms with E-state index in [-0.39, 0.29) is 74.9 Å². The molecule has 0 radical (unpaired) electrons. The molecular formula is C37H50N6O9. The number of likely N-dealkylation sites (tertiary alicyclic amines) is 1. The highest BCUT2D eigenvalue weighted by Crippen LogP contribution is 2.28. The number of esters is 1. The zero-order chi connectivity index (χ0) is 37.2. The molecule has 2 aliphatic heterocycles. The summed E-state index contributed by atoms with van der Waals surface area (Å²) >= 11 is 0. The van der Waals surface area contributed by atoms with E-state index < -0.39 is 36.0 Å². The number of carbonyl (C=O) groups excluding carboxylic acids is 6. The summed E-state index contributed by atoms with van der Waals surface area (Å²) in [6.07, 6.45) is 5.40. The maximum absolute atomic E-state index is 13.8. The van der Waals surface area contributed by atoms with Crippen molar-refractivity contribution >= 4 is 46.6 Å². The molecule has 2 atom stereocenters. The van der Waals surface area contributed by atoms with Gasteiger partial charge in [-0.05, 0) is 69.6 Å². The number of nitrogens with one attached hydrogen (secondary N) is 2. The van der Waals surface area contributed by atoms with Crippen LogP contribution in [-0.4, -0.2) is 127 Å². The molecule has 0 unspecified atom stereocenters. The molecule has 1 aliphatic carbocycles. The second kappa shape index (κ2) is 18.0. The predicted octanol–water partition coefficient (Wildman–Crippen LogP) is 2.71. The van der Waals surface area contributed by atoms with Gasteiger partial charge in [0.15, 0.2) is 6.61 Å². The summed E-state index contributed by atoms with van der Waals surface area (Å²) in [5, 5.41) is 6.38. The van der Waals surface area contributed by atoms with Crippen LogP contribution in [0.3, 0.4) is 0 Å². The predicted molar refractivity (Wildman–Crippen MR) is 189 cm³/mol. The van der Waals surface area contributed by atoms with Gasteiger partial charge in [0, 0.05) is 56.6 Å². The van der Waals surface area contributed by atoms with Crippen LogP contribution >= 0.6 is 0 Å². The number of aromatic nitrogens is 1. The van der Waals surface area contributed by atoms with Gasteiger partial charge in [0.05, 0.1) is 19.2 Å². The average Bonchev–Trinajstić information content (AvgIpc) is 3.63. The van der Waals surface area contributed by atoms with Crippen LogP contribution in [0.5, 0.6) is 5.75 Å². The Hall–Kier alpha value is -4.95. The molecular weight excluding hydrogens is 672 g/mol. The minimum Gasteiger partial charge on any atom is -0.483 e. The maximum Gasteiger partial charge on any atom is 0.409 e. The van der Waals surface area contributed by atoms with Crippen molar-refractivity contribution in [3.63, 3.8) is 0 Å². The molecule has 2 aromatic rings. The lowest BCUT2D eigenvalue weighted by Crippen LogP contribution is -2.56. The Kier molecular flexibility index (Phi) is 13.3. The Morgan fingerprint density at radius 1 is 0.962 bits per heavy atom. The number of nitrogens with zero attached hydrogens (tertiary/aromatic N) is 4. The third-order valence-electron chi connectivity index (χ3n) is 9.88. The van der Waals surface area contributed by atoms with Gasteiger partial charge in [-0.25, -0.2) is 9.78 Å². The highest BCUT2D eigenvalue weighted by Gasteiger charge is 2.36. The van der Waals surface area contributed by atoms with E-state index in [2.05, 4.69) is 15.6 Å². The number of benzene rings is 1. The van der Waals surface area contributed by atoms with E-state index in [0.29, 0.717) is 36.9 Å². The largest absolute Gasteiger partial charge is 0.483 e. The first kappa shape index (κ1) is 38.3. The summed E-state index contributed by atoms with van der Waals surface area (Å²) < 4.78 is 16.1. The number of amides is 5. The molecule has 0 spiro atoms. The molecule has 1 saturated carbocycles. The molecule has 5 rings (SSSR count). The number of unbranched alkanes of at least 4 members (excludes halogenated alkanes) is 1. The van der Waals surface area contributed by atoms with Gasteiger partial charge in [0.25, 0.3) is 11.8 Å². The van der Waals surface area contributed by atoms with E-state index in [4.69, 9.17) is 14.2 Å². The molecule has 3 fully saturated rings. The summed E-state index contributed by atoms with van der Waals surface area (Å²) in [6, 6.07) is 5.41. The van der Waals surface area contributed by atoms with Crippen LogP contribution in [0.15, 0.2) is 24.3 Å². The van der Waals surface area contributed by atoms with Crippen molar-refractivity contribution in [2.75, 3.05) is 53.0 Å². The van der Waals surface area contributed by atoms with Crippen molar-refractivity contribution in [1.29, 1.82) is 0 Å². The Morgan fingerprint density at radius 3 is 2.40 bits per heavy atom. The van der Waals surface area contributed by atoms with Crippen LogP contribution < -0.4 is 15.4 Å². The quantitative estimate of drug-likeness (QED) is 0.218. The van der Waals surface area contributed by atoms with Gasteiger partial charge in [-0.3, -0.25) is 24.0 Å². The molecule has 2 N–H and O–H groups in total. The normalized spacial score (nSPS) is 18.0. The first-order valence-electron chi connectivity index (χ1n) is 18.3. The van der Waals surface area contributed by atoms with Gasteiger partial charge < -0.3 is 39.5 Å². The molecule has 3 aliphatic rings. The highest BCUT2D eigenvalue weighted by atomic mass is 16.6. The van der Waals surface area contributed by atoms with Crippen LogP contribution in [0.25, 0.3) is 10.9 Å². The molecule has 282 valence electrons. The van der Waals surface area contributed by atoms with Crippen molar-refractivity contribution in [3.05, 3.63) is 35.5 Å².